The molecule has 0 bridgehead atoms. The maximum Gasteiger partial charge on any atom is 0.240 e. The van der Waals surface area contributed by atoms with E-state index in [1.165, 1.54) is 6.07 Å². The van der Waals surface area contributed by atoms with Crippen molar-refractivity contribution in [1.29, 1.82) is 0 Å². The number of nitrogens with one attached hydrogen (secondary N) is 2. The number of carbonyl (C=O) groups excluding carboxylic acids is 2. The van der Waals surface area contributed by atoms with Crippen molar-refractivity contribution < 1.29 is 18.0 Å². The van der Waals surface area contributed by atoms with Gasteiger partial charge in [-0.25, -0.2) is 13.1 Å². The summed E-state index contributed by atoms with van der Waals surface area (Å²) in [4.78, 5) is 25.5. The summed E-state index contributed by atoms with van der Waals surface area (Å²) < 4.78 is 27.4. The highest BCUT2D eigenvalue weighted by Gasteiger charge is 2.25. The SMILES string of the molecule is CCC(=O)N1CCc2cc(S(=O)(=O)NCCC(=O)NC(C)(C)C)ccc21. The maximum absolute atomic E-state index is 12.4. The van der Waals surface area contributed by atoms with E-state index in [2.05, 4.69) is 10.0 Å². The van der Waals surface area contributed by atoms with Crippen molar-refractivity contribution in [2.24, 2.45) is 0 Å². The standard InChI is InChI=1S/C18H27N3O4S/c1-5-17(23)21-11-9-13-12-14(6-7-15(13)21)26(24,25)19-10-8-16(22)20-18(2,3)4/h6-7,12,19H,5,8-11H2,1-4H3,(H,20,22). The number of fused-ring (bicyclic) bond motifs is 1. The molecule has 2 rings (SSSR count). The lowest BCUT2D eigenvalue weighted by Crippen LogP contribution is -2.41. The smallest absolute Gasteiger partial charge is 0.240 e. The normalized spacial score (nSPS) is 14.2. The third-order valence-electron chi connectivity index (χ3n) is 4.02. The summed E-state index contributed by atoms with van der Waals surface area (Å²) in [6.45, 7) is 8.01. The number of hydrogen-bond acceptors (Lipinski definition) is 4. The van der Waals surface area contributed by atoms with Gasteiger partial charge in [0.15, 0.2) is 0 Å². The highest BCUT2D eigenvalue weighted by atomic mass is 32.2. The van der Waals surface area contributed by atoms with E-state index in [0.29, 0.717) is 19.4 Å². The van der Waals surface area contributed by atoms with Crippen molar-refractivity contribution in [3.63, 3.8) is 0 Å². The van der Waals surface area contributed by atoms with Crippen molar-refractivity contribution in [3.8, 4) is 0 Å². The molecule has 0 radical (unpaired) electrons. The van der Waals surface area contributed by atoms with Gasteiger partial charge >= 0.3 is 0 Å². The van der Waals surface area contributed by atoms with Crippen molar-refractivity contribution in [2.75, 3.05) is 18.0 Å². The van der Waals surface area contributed by atoms with Crippen LogP contribution in [0.3, 0.4) is 0 Å². The summed E-state index contributed by atoms with van der Waals surface area (Å²) in [7, 11) is -3.70. The molecule has 0 aromatic heterocycles. The van der Waals surface area contributed by atoms with Gasteiger partial charge in [0.25, 0.3) is 0 Å². The lowest BCUT2D eigenvalue weighted by Gasteiger charge is -2.20. The fourth-order valence-electron chi connectivity index (χ4n) is 2.86. The molecule has 0 spiro atoms. The Balaban J connectivity index is 2.02. The maximum atomic E-state index is 12.4. The average Bonchev–Trinajstić information content (AvgIpc) is 2.95. The predicted octanol–water partition coefficient (Wildman–Crippen LogP) is 1.57. The van der Waals surface area contributed by atoms with Gasteiger partial charge in [0, 0.05) is 37.2 Å². The zero-order valence-corrected chi connectivity index (χ0v) is 16.6. The third kappa shape index (κ3) is 5.04. The average molecular weight is 381 g/mol. The lowest BCUT2D eigenvalue weighted by atomic mass is 10.1. The fourth-order valence-corrected chi connectivity index (χ4v) is 3.94. The van der Waals surface area contributed by atoms with E-state index in [1.54, 1.807) is 24.0 Å². The Hall–Kier alpha value is -1.93. The molecule has 1 aromatic carbocycles. The predicted molar refractivity (Wildman–Crippen MR) is 100 cm³/mol. The second-order valence-corrected chi connectivity index (χ2v) is 9.15. The number of amides is 2. The second kappa shape index (κ2) is 7.75. The van der Waals surface area contributed by atoms with E-state index in [1.807, 2.05) is 20.8 Å². The van der Waals surface area contributed by atoms with Gasteiger partial charge in [-0.3, -0.25) is 9.59 Å². The quantitative estimate of drug-likeness (QED) is 0.782. The van der Waals surface area contributed by atoms with Gasteiger partial charge in [-0.2, -0.15) is 0 Å². The van der Waals surface area contributed by atoms with Gasteiger partial charge in [-0.1, -0.05) is 6.92 Å². The van der Waals surface area contributed by atoms with E-state index < -0.39 is 10.0 Å². The highest BCUT2D eigenvalue weighted by Crippen LogP contribution is 2.30. The molecule has 0 atom stereocenters. The largest absolute Gasteiger partial charge is 0.351 e. The van der Waals surface area contributed by atoms with E-state index in [-0.39, 0.29) is 35.2 Å². The summed E-state index contributed by atoms with van der Waals surface area (Å²) in [6, 6.07) is 4.78. The van der Waals surface area contributed by atoms with Crippen molar-refractivity contribution in [1.82, 2.24) is 10.0 Å². The number of rotatable bonds is 6. The Labute approximate surface area is 155 Å². The Morgan fingerprint density at radius 2 is 1.92 bits per heavy atom. The highest BCUT2D eigenvalue weighted by molar-refractivity contribution is 7.89. The number of anilines is 1. The van der Waals surface area contributed by atoms with Crippen LogP contribution in [-0.2, 0) is 26.0 Å². The van der Waals surface area contributed by atoms with E-state index in [0.717, 1.165) is 11.3 Å². The molecule has 0 aliphatic carbocycles. The third-order valence-corrected chi connectivity index (χ3v) is 5.48. The summed E-state index contributed by atoms with van der Waals surface area (Å²) in [5.41, 5.74) is 1.28. The van der Waals surface area contributed by atoms with Crippen LogP contribution >= 0.6 is 0 Å². The molecule has 7 nitrogen and oxygen atoms in total. The first-order chi connectivity index (χ1) is 12.0. The Morgan fingerprint density at radius 3 is 2.54 bits per heavy atom. The van der Waals surface area contributed by atoms with Gasteiger partial charge in [-0.15, -0.1) is 0 Å². The molecule has 0 saturated heterocycles. The molecule has 1 aromatic rings. The van der Waals surface area contributed by atoms with Crippen LogP contribution in [-0.4, -0.2) is 38.9 Å². The molecular formula is C18H27N3O4S. The minimum Gasteiger partial charge on any atom is -0.351 e. The van der Waals surface area contributed by atoms with Gasteiger partial charge in [0.1, 0.15) is 0 Å². The molecule has 1 aliphatic rings. The van der Waals surface area contributed by atoms with Crippen LogP contribution in [0.2, 0.25) is 0 Å². The molecular weight excluding hydrogens is 354 g/mol. The van der Waals surface area contributed by atoms with Crippen LogP contribution in [0.15, 0.2) is 23.1 Å². The zero-order chi connectivity index (χ0) is 19.5. The Bertz CT molecular complexity index is 797. The molecule has 2 amide bonds. The van der Waals surface area contributed by atoms with Gasteiger partial charge in [0.05, 0.1) is 4.90 Å². The fraction of sp³-hybridized carbons (Fsp3) is 0.556. The minimum absolute atomic E-state index is 0.0295. The molecule has 144 valence electrons. The van der Waals surface area contributed by atoms with Crippen LogP contribution in [0.4, 0.5) is 5.69 Å². The first-order valence-electron chi connectivity index (χ1n) is 8.77. The van der Waals surface area contributed by atoms with Crippen LogP contribution in [0.5, 0.6) is 0 Å². The number of hydrogen-bond donors (Lipinski definition) is 2. The molecule has 0 saturated carbocycles. The van der Waals surface area contributed by atoms with Crippen LogP contribution < -0.4 is 14.9 Å². The molecule has 8 heteroatoms. The Kier molecular flexibility index (Phi) is 6.08. The molecule has 1 aliphatic heterocycles. The number of benzene rings is 1. The number of nitrogens with zero attached hydrogens (tertiary/aromatic N) is 1. The van der Waals surface area contributed by atoms with E-state index >= 15 is 0 Å². The molecule has 1 heterocycles. The van der Waals surface area contributed by atoms with Crippen molar-refractivity contribution >= 4 is 27.5 Å². The van der Waals surface area contributed by atoms with Crippen molar-refractivity contribution in [3.05, 3.63) is 23.8 Å². The van der Waals surface area contributed by atoms with E-state index in [9.17, 15) is 18.0 Å². The van der Waals surface area contributed by atoms with Gasteiger partial charge < -0.3 is 10.2 Å². The van der Waals surface area contributed by atoms with Crippen LogP contribution in [0.1, 0.15) is 46.1 Å². The molecule has 0 fully saturated rings. The number of sulfonamides is 1. The molecule has 2 N–H and O–H groups in total. The lowest BCUT2D eigenvalue weighted by molar-refractivity contribution is -0.122. The zero-order valence-electron chi connectivity index (χ0n) is 15.8. The minimum atomic E-state index is -3.70. The van der Waals surface area contributed by atoms with Gasteiger partial charge in [-0.05, 0) is 51.0 Å². The van der Waals surface area contributed by atoms with E-state index in [4.69, 9.17) is 0 Å². The van der Waals surface area contributed by atoms with Crippen LogP contribution in [0.25, 0.3) is 0 Å². The van der Waals surface area contributed by atoms with Crippen LogP contribution in [0, 0.1) is 0 Å². The Morgan fingerprint density at radius 1 is 1.23 bits per heavy atom. The first kappa shape index (κ1) is 20.4. The molecule has 0 unspecified atom stereocenters. The first-order valence-corrected chi connectivity index (χ1v) is 10.3. The van der Waals surface area contributed by atoms with Gasteiger partial charge in [0.2, 0.25) is 21.8 Å². The summed E-state index contributed by atoms with van der Waals surface area (Å²) in [5, 5.41) is 2.79. The number of carbonyl (C=O) groups is 2. The summed E-state index contributed by atoms with van der Waals surface area (Å²) in [6.07, 6.45) is 1.12. The topological polar surface area (TPSA) is 95.6 Å². The second-order valence-electron chi connectivity index (χ2n) is 7.39. The monoisotopic (exact) mass is 381 g/mol. The van der Waals surface area contributed by atoms with Crippen molar-refractivity contribution in [2.45, 2.75) is 57.4 Å². The summed E-state index contributed by atoms with van der Waals surface area (Å²) in [5.74, 6) is -0.176. The summed E-state index contributed by atoms with van der Waals surface area (Å²) >= 11 is 0. The molecule has 26 heavy (non-hydrogen) atoms.